The average Bonchev–Trinajstić information content (AvgIpc) is 2.02. The molecule has 11 heavy (non-hydrogen) atoms. The predicted molar refractivity (Wildman–Crippen MR) is 48.1 cm³/mol. The van der Waals surface area contributed by atoms with Crippen molar-refractivity contribution in [2.24, 2.45) is 0 Å². The van der Waals surface area contributed by atoms with E-state index >= 15 is 0 Å². The molecule has 0 heterocycles. The van der Waals surface area contributed by atoms with E-state index in [2.05, 4.69) is 0 Å². The van der Waals surface area contributed by atoms with Crippen molar-refractivity contribution in [1.29, 1.82) is 0 Å². The highest BCUT2D eigenvalue weighted by molar-refractivity contribution is 5.30. The molecule has 0 spiro atoms. The lowest BCUT2D eigenvalue weighted by Gasteiger charge is -1.96. The van der Waals surface area contributed by atoms with Crippen molar-refractivity contribution in [2.45, 2.75) is 27.7 Å². The number of allylic oxidation sites excluding steroid dienone is 6. The Balaban J connectivity index is 4.47. The summed E-state index contributed by atoms with van der Waals surface area (Å²) in [6.45, 7) is 7.35. The minimum absolute atomic E-state index is 0.147. The number of halogens is 1. The molecule has 0 unspecified atom stereocenters. The zero-order valence-electron chi connectivity index (χ0n) is 7.61. The summed E-state index contributed by atoms with van der Waals surface area (Å²) < 4.78 is 12.8. The molecule has 0 aliphatic rings. The largest absolute Gasteiger partial charge is 0.207 e. The van der Waals surface area contributed by atoms with Gasteiger partial charge in [0.05, 0.1) is 0 Å². The van der Waals surface area contributed by atoms with Crippen LogP contribution in [0.15, 0.2) is 35.2 Å². The van der Waals surface area contributed by atoms with Crippen LogP contribution in [-0.4, -0.2) is 0 Å². The third kappa shape index (κ3) is 3.76. The van der Waals surface area contributed by atoms with Crippen molar-refractivity contribution in [3.05, 3.63) is 35.2 Å². The van der Waals surface area contributed by atoms with Crippen LogP contribution in [-0.2, 0) is 0 Å². The second-order valence-corrected chi connectivity index (χ2v) is 2.50. The van der Waals surface area contributed by atoms with Crippen molar-refractivity contribution in [3.8, 4) is 0 Å². The Morgan fingerprint density at radius 1 is 1.09 bits per heavy atom. The average molecular weight is 154 g/mol. The van der Waals surface area contributed by atoms with Crippen molar-refractivity contribution in [1.82, 2.24) is 0 Å². The molecule has 0 aromatic rings. The Morgan fingerprint density at radius 2 is 1.64 bits per heavy atom. The lowest BCUT2D eigenvalue weighted by atomic mass is 10.1. The number of hydrogen-bond donors (Lipinski definition) is 0. The molecule has 0 nitrogen and oxygen atoms in total. The molecule has 0 saturated heterocycles. The highest BCUT2D eigenvalue weighted by Gasteiger charge is 1.94. The normalized spacial score (nSPS) is 15.5. The van der Waals surface area contributed by atoms with Crippen molar-refractivity contribution < 1.29 is 4.39 Å². The molecular weight excluding hydrogens is 139 g/mol. The van der Waals surface area contributed by atoms with Gasteiger partial charge >= 0.3 is 0 Å². The van der Waals surface area contributed by atoms with Crippen LogP contribution in [0.25, 0.3) is 0 Å². The lowest BCUT2D eigenvalue weighted by Crippen LogP contribution is -1.77. The van der Waals surface area contributed by atoms with Crippen LogP contribution < -0.4 is 0 Å². The van der Waals surface area contributed by atoms with Crippen LogP contribution in [0.1, 0.15) is 27.7 Å². The first-order valence-corrected chi connectivity index (χ1v) is 3.75. The van der Waals surface area contributed by atoms with Gasteiger partial charge in [0.25, 0.3) is 0 Å². The van der Waals surface area contributed by atoms with Crippen molar-refractivity contribution in [2.75, 3.05) is 0 Å². The highest BCUT2D eigenvalue weighted by Crippen LogP contribution is 2.12. The van der Waals surface area contributed by atoms with E-state index in [1.165, 1.54) is 6.08 Å². The van der Waals surface area contributed by atoms with Gasteiger partial charge in [-0.1, -0.05) is 23.8 Å². The first kappa shape index (κ1) is 10.2. The summed E-state index contributed by atoms with van der Waals surface area (Å²) in [6.07, 6.45) is 5.25. The summed E-state index contributed by atoms with van der Waals surface area (Å²) in [7, 11) is 0. The third-order valence-corrected chi connectivity index (χ3v) is 1.53. The monoisotopic (exact) mass is 154 g/mol. The third-order valence-electron chi connectivity index (χ3n) is 1.53. The van der Waals surface area contributed by atoms with Gasteiger partial charge in [0.2, 0.25) is 0 Å². The molecule has 0 rings (SSSR count). The molecule has 62 valence electrons. The van der Waals surface area contributed by atoms with Gasteiger partial charge in [-0.2, -0.15) is 0 Å². The van der Waals surface area contributed by atoms with Gasteiger partial charge in [-0.25, -0.2) is 4.39 Å². The second kappa shape index (κ2) is 4.89. The van der Waals surface area contributed by atoms with Crippen LogP contribution in [0, 0.1) is 0 Å². The summed E-state index contributed by atoms with van der Waals surface area (Å²) in [6, 6.07) is 0. The van der Waals surface area contributed by atoms with Gasteiger partial charge in [0, 0.05) is 0 Å². The van der Waals surface area contributed by atoms with Gasteiger partial charge < -0.3 is 0 Å². The number of rotatable bonds is 2. The van der Waals surface area contributed by atoms with Gasteiger partial charge in [-0.15, -0.1) is 0 Å². The Kier molecular flexibility index (Phi) is 4.51. The predicted octanol–water partition coefficient (Wildman–Crippen LogP) is 3.77. The van der Waals surface area contributed by atoms with Gasteiger partial charge in [-0.3, -0.25) is 0 Å². The lowest BCUT2D eigenvalue weighted by molar-refractivity contribution is 0.649. The molecule has 0 bridgehead atoms. The minimum atomic E-state index is -0.147. The Bertz CT molecular complexity index is 207. The maximum atomic E-state index is 12.8. The van der Waals surface area contributed by atoms with Crippen LogP contribution in [0.5, 0.6) is 0 Å². The van der Waals surface area contributed by atoms with Crippen molar-refractivity contribution in [3.63, 3.8) is 0 Å². The van der Waals surface area contributed by atoms with Gasteiger partial charge in [0.1, 0.15) is 5.83 Å². The first-order valence-electron chi connectivity index (χ1n) is 3.75. The first-order chi connectivity index (χ1) is 5.11. The van der Waals surface area contributed by atoms with E-state index in [0.717, 1.165) is 5.57 Å². The molecule has 0 aliphatic carbocycles. The highest BCUT2D eigenvalue weighted by atomic mass is 19.1. The quantitative estimate of drug-likeness (QED) is 0.531. The number of hydrogen-bond acceptors (Lipinski definition) is 0. The van der Waals surface area contributed by atoms with E-state index in [4.69, 9.17) is 0 Å². The molecular formula is C10H15F. The fraction of sp³-hybridized carbons (Fsp3) is 0.400. The molecule has 0 aliphatic heterocycles. The maximum Gasteiger partial charge on any atom is 0.121 e. The fourth-order valence-electron chi connectivity index (χ4n) is 0.721. The van der Waals surface area contributed by atoms with E-state index in [1.807, 2.05) is 26.0 Å². The SMILES string of the molecule is C\C=C(C)/C=C(C)\C(F)=C/C. The van der Waals surface area contributed by atoms with Crippen LogP contribution >= 0.6 is 0 Å². The van der Waals surface area contributed by atoms with Crippen LogP contribution in [0.3, 0.4) is 0 Å². The van der Waals surface area contributed by atoms with E-state index in [9.17, 15) is 4.39 Å². The molecule has 0 saturated carbocycles. The van der Waals surface area contributed by atoms with Crippen LogP contribution in [0.4, 0.5) is 4.39 Å². The van der Waals surface area contributed by atoms with E-state index in [0.29, 0.717) is 5.57 Å². The fourth-order valence-corrected chi connectivity index (χ4v) is 0.721. The van der Waals surface area contributed by atoms with E-state index in [-0.39, 0.29) is 5.83 Å². The van der Waals surface area contributed by atoms with Crippen LogP contribution in [0.2, 0.25) is 0 Å². The summed E-state index contributed by atoms with van der Waals surface area (Å²) >= 11 is 0. The molecule has 0 aromatic carbocycles. The topological polar surface area (TPSA) is 0 Å². The standard InChI is InChI=1S/C10H15F/c1-5-8(3)7-9(4)10(11)6-2/h5-7H,1-4H3/b8-5-,9-7-,10-6+. The molecule has 0 aromatic heterocycles. The molecule has 1 heteroatoms. The Labute approximate surface area is 68.1 Å². The minimum Gasteiger partial charge on any atom is -0.207 e. The Hall–Kier alpha value is -0.850. The Morgan fingerprint density at radius 3 is 2.00 bits per heavy atom. The van der Waals surface area contributed by atoms with Gasteiger partial charge in [0.15, 0.2) is 0 Å². The summed E-state index contributed by atoms with van der Waals surface area (Å²) in [5, 5.41) is 0. The van der Waals surface area contributed by atoms with Gasteiger partial charge in [-0.05, 0) is 33.3 Å². The van der Waals surface area contributed by atoms with E-state index in [1.54, 1.807) is 13.8 Å². The maximum absolute atomic E-state index is 12.8. The zero-order valence-corrected chi connectivity index (χ0v) is 7.61. The molecule has 0 amide bonds. The van der Waals surface area contributed by atoms with Crippen molar-refractivity contribution >= 4 is 0 Å². The molecule has 0 N–H and O–H groups in total. The molecule has 0 fully saturated rings. The van der Waals surface area contributed by atoms with E-state index < -0.39 is 0 Å². The summed E-state index contributed by atoms with van der Waals surface area (Å²) in [4.78, 5) is 0. The molecule has 0 atom stereocenters. The zero-order chi connectivity index (χ0) is 8.85. The summed E-state index contributed by atoms with van der Waals surface area (Å²) in [5.74, 6) is -0.147. The summed E-state index contributed by atoms with van der Waals surface area (Å²) in [5.41, 5.74) is 1.77. The second-order valence-electron chi connectivity index (χ2n) is 2.50. The molecule has 0 radical (unpaired) electrons. The smallest absolute Gasteiger partial charge is 0.121 e.